The molecular formula is C21H20N4O. The van der Waals surface area contributed by atoms with Gasteiger partial charge in [0.25, 0.3) is 0 Å². The molecule has 0 amide bonds. The van der Waals surface area contributed by atoms with Gasteiger partial charge in [-0.25, -0.2) is 0 Å². The van der Waals surface area contributed by atoms with E-state index in [4.69, 9.17) is 0 Å². The zero-order valence-corrected chi connectivity index (χ0v) is 14.7. The maximum Gasteiger partial charge on any atom is 0.141 e. The van der Waals surface area contributed by atoms with E-state index in [2.05, 4.69) is 32.8 Å². The SMILES string of the molecule is Cc1cccnc1CCN1Cc2nccc(-c3ccncc3)c2C1C=O. The van der Waals surface area contributed by atoms with Gasteiger partial charge in [-0.2, -0.15) is 0 Å². The molecule has 1 aliphatic heterocycles. The van der Waals surface area contributed by atoms with Crippen LogP contribution in [-0.4, -0.2) is 32.7 Å². The van der Waals surface area contributed by atoms with E-state index in [0.29, 0.717) is 6.54 Å². The summed E-state index contributed by atoms with van der Waals surface area (Å²) < 4.78 is 0. The maximum absolute atomic E-state index is 11.9. The second-order valence-corrected chi connectivity index (χ2v) is 6.52. The van der Waals surface area contributed by atoms with Gasteiger partial charge in [0.05, 0.1) is 11.7 Å². The van der Waals surface area contributed by atoms with Gasteiger partial charge < -0.3 is 4.79 Å². The first-order chi connectivity index (χ1) is 12.8. The molecule has 130 valence electrons. The Morgan fingerprint density at radius 2 is 1.96 bits per heavy atom. The third-order valence-electron chi connectivity index (χ3n) is 4.99. The second-order valence-electron chi connectivity index (χ2n) is 6.52. The number of nitrogens with zero attached hydrogens (tertiary/aromatic N) is 4. The van der Waals surface area contributed by atoms with E-state index >= 15 is 0 Å². The van der Waals surface area contributed by atoms with Crippen molar-refractivity contribution in [1.29, 1.82) is 0 Å². The highest BCUT2D eigenvalue weighted by Crippen LogP contribution is 2.38. The summed E-state index contributed by atoms with van der Waals surface area (Å²) in [5.74, 6) is 0. The van der Waals surface area contributed by atoms with Crippen molar-refractivity contribution in [1.82, 2.24) is 19.9 Å². The number of hydrogen-bond acceptors (Lipinski definition) is 5. The van der Waals surface area contributed by atoms with Crippen molar-refractivity contribution in [2.24, 2.45) is 0 Å². The minimum absolute atomic E-state index is 0.272. The van der Waals surface area contributed by atoms with Gasteiger partial charge in [-0.3, -0.25) is 19.9 Å². The first kappa shape index (κ1) is 16.5. The summed E-state index contributed by atoms with van der Waals surface area (Å²) in [4.78, 5) is 27.2. The van der Waals surface area contributed by atoms with Crippen LogP contribution < -0.4 is 0 Å². The second kappa shape index (κ2) is 7.14. The van der Waals surface area contributed by atoms with Crippen molar-refractivity contribution < 1.29 is 4.79 Å². The van der Waals surface area contributed by atoms with E-state index in [1.807, 2.05) is 36.7 Å². The summed E-state index contributed by atoms with van der Waals surface area (Å²) in [6.45, 7) is 3.53. The Kier molecular flexibility index (Phi) is 4.54. The number of aldehydes is 1. The number of aryl methyl sites for hydroxylation is 1. The van der Waals surface area contributed by atoms with E-state index in [-0.39, 0.29) is 6.04 Å². The van der Waals surface area contributed by atoms with Crippen LogP contribution >= 0.6 is 0 Å². The molecule has 0 saturated carbocycles. The minimum Gasteiger partial charge on any atom is -0.301 e. The zero-order valence-electron chi connectivity index (χ0n) is 14.7. The number of fused-ring (bicyclic) bond motifs is 1. The fourth-order valence-electron chi connectivity index (χ4n) is 3.63. The summed E-state index contributed by atoms with van der Waals surface area (Å²) >= 11 is 0. The Balaban J connectivity index is 1.62. The van der Waals surface area contributed by atoms with Crippen molar-refractivity contribution in [3.63, 3.8) is 0 Å². The van der Waals surface area contributed by atoms with Crippen LogP contribution in [0.2, 0.25) is 0 Å². The van der Waals surface area contributed by atoms with E-state index < -0.39 is 0 Å². The molecule has 4 rings (SSSR count). The number of rotatable bonds is 5. The van der Waals surface area contributed by atoms with Gasteiger partial charge in [-0.15, -0.1) is 0 Å². The summed E-state index contributed by atoms with van der Waals surface area (Å²) in [6, 6.07) is 9.67. The standard InChI is InChI=1S/C21H20N4O/c1-15-3-2-8-23-18(15)7-12-25-13-19-21(20(25)14-26)17(6-11-24-19)16-4-9-22-10-5-16/h2-6,8-11,14,20H,7,12-13H2,1H3. The molecule has 3 aromatic heterocycles. The number of hydrogen-bond donors (Lipinski definition) is 0. The Morgan fingerprint density at radius 1 is 1.12 bits per heavy atom. The van der Waals surface area contributed by atoms with E-state index in [0.717, 1.165) is 47.3 Å². The largest absolute Gasteiger partial charge is 0.301 e. The Labute approximate surface area is 152 Å². The first-order valence-electron chi connectivity index (χ1n) is 8.76. The molecule has 3 aromatic rings. The summed E-state index contributed by atoms with van der Waals surface area (Å²) in [5.41, 5.74) is 6.39. The molecule has 0 spiro atoms. The molecule has 0 bridgehead atoms. The topological polar surface area (TPSA) is 59.0 Å². The predicted octanol–water partition coefficient (Wildman–Crippen LogP) is 3.15. The Hall–Kier alpha value is -2.92. The lowest BCUT2D eigenvalue weighted by Gasteiger charge is -2.21. The molecule has 26 heavy (non-hydrogen) atoms. The molecule has 0 aromatic carbocycles. The molecule has 0 radical (unpaired) electrons. The van der Waals surface area contributed by atoms with Crippen LogP contribution in [0.3, 0.4) is 0 Å². The quantitative estimate of drug-likeness (QED) is 0.666. The van der Waals surface area contributed by atoms with Crippen molar-refractivity contribution in [2.75, 3.05) is 6.54 Å². The van der Waals surface area contributed by atoms with Crippen LogP contribution in [0.1, 0.15) is 28.6 Å². The maximum atomic E-state index is 11.9. The predicted molar refractivity (Wildman–Crippen MR) is 99.4 cm³/mol. The monoisotopic (exact) mass is 344 g/mol. The average Bonchev–Trinajstić information content (AvgIpc) is 3.05. The molecule has 4 heterocycles. The fourth-order valence-corrected chi connectivity index (χ4v) is 3.63. The first-order valence-corrected chi connectivity index (χ1v) is 8.76. The van der Waals surface area contributed by atoms with Gasteiger partial charge in [-0.1, -0.05) is 6.07 Å². The lowest BCUT2D eigenvalue weighted by atomic mass is 9.97. The average molecular weight is 344 g/mol. The molecular weight excluding hydrogens is 324 g/mol. The van der Waals surface area contributed by atoms with Gasteiger partial charge in [-0.05, 0) is 47.9 Å². The zero-order chi connectivity index (χ0) is 17.9. The lowest BCUT2D eigenvalue weighted by Crippen LogP contribution is -2.26. The molecule has 0 N–H and O–H groups in total. The molecule has 1 atom stereocenters. The normalized spacial score (nSPS) is 16.4. The highest BCUT2D eigenvalue weighted by molar-refractivity contribution is 5.75. The van der Waals surface area contributed by atoms with Crippen LogP contribution in [0.5, 0.6) is 0 Å². The Bertz CT molecular complexity index is 926. The van der Waals surface area contributed by atoms with Crippen molar-refractivity contribution in [3.8, 4) is 11.1 Å². The minimum atomic E-state index is -0.272. The number of carbonyl (C=O) groups is 1. The Morgan fingerprint density at radius 3 is 2.73 bits per heavy atom. The van der Waals surface area contributed by atoms with Crippen molar-refractivity contribution in [2.45, 2.75) is 25.9 Å². The van der Waals surface area contributed by atoms with E-state index in [1.54, 1.807) is 12.4 Å². The lowest BCUT2D eigenvalue weighted by molar-refractivity contribution is -0.112. The number of aromatic nitrogens is 3. The summed E-state index contributed by atoms with van der Waals surface area (Å²) in [7, 11) is 0. The van der Waals surface area contributed by atoms with E-state index in [1.165, 1.54) is 5.56 Å². The summed E-state index contributed by atoms with van der Waals surface area (Å²) in [5, 5.41) is 0. The molecule has 1 aliphatic rings. The smallest absolute Gasteiger partial charge is 0.141 e. The molecule has 0 aliphatic carbocycles. The van der Waals surface area contributed by atoms with E-state index in [9.17, 15) is 4.79 Å². The van der Waals surface area contributed by atoms with Gasteiger partial charge in [0, 0.05) is 55.6 Å². The van der Waals surface area contributed by atoms with Gasteiger partial charge >= 0.3 is 0 Å². The highest BCUT2D eigenvalue weighted by atomic mass is 16.1. The van der Waals surface area contributed by atoms with Crippen LogP contribution in [0.25, 0.3) is 11.1 Å². The third kappa shape index (κ3) is 3.02. The number of pyridine rings is 3. The highest BCUT2D eigenvalue weighted by Gasteiger charge is 2.33. The van der Waals surface area contributed by atoms with Crippen LogP contribution in [0.4, 0.5) is 0 Å². The third-order valence-corrected chi connectivity index (χ3v) is 4.99. The van der Waals surface area contributed by atoms with Crippen molar-refractivity contribution in [3.05, 3.63) is 77.6 Å². The van der Waals surface area contributed by atoms with Crippen molar-refractivity contribution >= 4 is 6.29 Å². The van der Waals surface area contributed by atoms with Crippen LogP contribution in [0.15, 0.2) is 55.1 Å². The van der Waals surface area contributed by atoms with Gasteiger partial charge in [0.15, 0.2) is 0 Å². The van der Waals surface area contributed by atoms with Gasteiger partial charge in [0.2, 0.25) is 0 Å². The van der Waals surface area contributed by atoms with Gasteiger partial charge in [0.1, 0.15) is 6.29 Å². The molecule has 5 nitrogen and oxygen atoms in total. The fraction of sp³-hybridized carbons (Fsp3) is 0.238. The molecule has 5 heteroatoms. The summed E-state index contributed by atoms with van der Waals surface area (Å²) in [6.07, 6.45) is 9.03. The van der Waals surface area contributed by atoms with Crippen LogP contribution in [0, 0.1) is 6.92 Å². The molecule has 0 fully saturated rings. The molecule has 1 unspecified atom stereocenters. The van der Waals surface area contributed by atoms with Crippen LogP contribution in [-0.2, 0) is 17.8 Å². The molecule has 0 saturated heterocycles. The number of carbonyl (C=O) groups excluding carboxylic acids is 1.